The molecule has 0 aliphatic carbocycles. The van der Waals surface area contributed by atoms with Crippen LogP contribution in [0.4, 0.5) is 11.6 Å². The van der Waals surface area contributed by atoms with Crippen LogP contribution in [-0.2, 0) is 4.74 Å². The van der Waals surface area contributed by atoms with Crippen molar-refractivity contribution in [1.29, 1.82) is 0 Å². The fraction of sp³-hybridized carbons (Fsp3) is 0.733. The third-order valence-electron chi connectivity index (χ3n) is 2.87. The van der Waals surface area contributed by atoms with E-state index < -0.39 is 0 Å². The summed E-state index contributed by atoms with van der Waals surface area (Å²) < 4.78 is 5.54. The fourth-order valence-corrected chi connectivity index (χ4v) is 1.77. The van der Waals surface area contributed by atoms with E-state index in [0.717, 1.165) is 36.1 Å². The van der Waals surface area contributed by atoms with Crippen LogP contribution >= 0.6 is 0 Å². The van der Waals surface area contributed by atoms with Crippen molar-refractivity contribution in [3.8, 4) is 0 Å². The third kappa shape index (κ3) is 4.96. The summed E-state index contributed by atoms with van der Waals surface area (Å²) in [6.45, 7) is 14.7. The highest BCUT2D eigenvalue weighted by atomic mass is 16.5. The van der Waals surface area contributed by atoms with Crippen molar-refractivity contribution in [2.75, 3.05) is 30.3 Å². The Kier molecular flexibility index (Phi) is 6.71. The highest BCUT2D eigenvalue weighted by Gasteiger charge is 2.12. The third-order valence-corrected chi connectivity index (χ3v) is 2.87. The van der Waals surface area contributed by atoms with E-state index in [-0.39, 0.29) is 6.10 Å². The quantitative estimate of drug-likeness (QED) is 0.716. The number of rotatable bonds is 8. The summed E-state index contributed by atoms with van der Waals surface area (Å²) in [6, 6.07) is 0. The predicted octanol–water partition coefficient (Wildman–Crippen LogP) is 3.18. The van der Waals surface area contributed by atoms with E-state index >= 15 is 0 Å². The molecule has 0 atom stereocenters. The van der Waals surface area contributed by atoms with Crippen molar-refractivity contribution in [3.05, 3.63) is 11.4 Å². The molecule has 1 heterocycles. The van der Waals surface area contributed by atoms with Crippen molar-refractivity contribution in [3.63, 3.8) is 0 Å². The first-order valence-corrected chi connectivity index (χ1v) is 7.43. The largest absolute Gasteiger partial charge is 0.377 e. The van der Waals surface area contributed by atoms with Crippen LogP contribution in [0.1, 0.15) is 51.9 Å². The first-order chi connectivity index (χ1) is 9.45. The smallest absolute Gasteiger partial charge is 0.135 e. The average molecular weight is 280 g/mol. The first kappa shape index (κ1) is 16.7. The second-order valence-electron chi connectivity index (χ2n) is 5.44. The molecule has 20 heavy (non-hydrogen) atoms. The van der Waals surface area contributed by atoms with Gasteiger partial charge in [0.25, 0.3) is 0 Å². The number of ether oxygens (including phenoxy) is 1. The van der Waals surface area contributed by atoms with E-state index in [9.17, 15) is 0 Å². The summed E-state index contributed by atoms with van der Waals surface area (Å²) >= 11 is 0. The number of hydrogen-bond acceptors (Lipinski definition) is 5. The Morgan fingerprint density at radius 1 is 1.05 bits per heavy atom. The van der Waals surface area contributed by atoms with Gasteiger partial charge in [-0.2, -0.15) is 0 Å². The minimum Gasteiger partial charge on any atom is -0.377 e. The lowest BCUT2D eigenvalue weighted by Gasteiger charge is -2.16. The van der Waals surface area contributed by atoms with Crippen molar-refractivity contribution < 1.29 is 4.74 Å². The molecule has 0 aliphatic rings. The number of aromatic nitrogens is 2. The van der Waals surface area contributed by atoms with Crippen molar-refractivity contribution in [1.82, 2.24) is 9.97 Å². The molecule has 0 saturated heterocycles. The Morgan fingerprint density at radius 2 is 1.65 bits per heavy atom. The van der Waals surface area contributed by atoms with E-state index in [1.807, 2.05) is 20.8 Å². The van der Waals surface area contributed by atoms with E-state index in [0.29, 0.717) is 12.5 Å². The molecular weight excluding hydrogens is 252 g/mol. The Hall–Kier alpha value is -1.36. The minimum absolute atomic E-state index is 0.256. The molecule has 0 saturated carbocycles. The van der Waals surface area contributed by atoms with Gasteiger partial charge >= 0.3 is 0 Å². The second-order valence-corrected chi connectivity index (χ2v) is 5.44. The van der Waals surface area contributed by atoms with Gasteiger partial charge in [-0.3, -0.25) is 0 Å². The van der Waals surface area contributed by atoms with Crippen LogP contribution in [0, 0.1) is 6.92 Å². The summed E-state index contributed by atoms with van der Waals surface area (Å²) in [7, 11) is 0. The van der Waals surface area contributed by atoms with Crippen LogP contribution in [0.25, 0.3) is 0 Å². The summed E-state index contributed by atoms with van der Waals surface area (Å²) in [6.07, 6.45) is 0.256. The van der Waals surface area contributed by atoms with E-state index in [2.05, 4.69) is 41.4 Å². The lowest BCUT2D eigenvalue weighted by Crippen LogP contribution is -2.16. The number of anilines is 2. The average Bonchev–Trinajstić information content (AvgIpc) is 2.38. The second kappa shape index (κ2) is 8.04. The monoisotopic (exact) mass is 280 g/mol. The van der Waals surface area contributed by atoms with Gasteiger partial charge in [-0.15, -0.1) is 0 Å². The highest BCUT2D eigenvalue weighted by molar-refractivity contribution is 5.57. The van der Waals surface area contributed by atoms with Gasteiger partial charge in [0.1, 0.15) is 17.5 Å². The maximum atomic E-state index is 5.54. The number of nitrogens with one attached hydrogen (secondary N) is 2. The molecule has 0 aromatic carbocycles. The molecule has 0 spiro atoms. The normalized spacial score (nSPS) is 11.2. The van der Waals surface area contributed by atoms with Crippen molar-refractivity contribution in [2.45, 2.75) is 53.6 Å². The summed E-state index contributed by atoms with van der Waals surface area (Å²) in [5.74, 6) is 2.98. The molecule has 114 valence electrons. The SMILES string of the molecule is CCNc1nc(C(C)C)nc(NCCOC(C)C)c1C. The summed E-state index contributed by atoms with van der Waals surface area (Å²) in [4.78, 5) is 9.20. The van der Waals surface area contributed by atoms with Crippen LogP contribution in [0.5, 0.6) is 0 Å². The lowest BCUT2D eigenvalue weighted by molar-refractivity contribution is 0.0870. The van der Waals surface area contributed by atoms with Crippen LogP contribution in [-0.4, -0.2) is 35.8 Å². The zero-order valence-electron chi connectivity index (χ0n) is 13.6. The molecule has 1 aromatic rings. The Balaban J connectivity index is 2.81. The predicted molar refractivity (Wildman–Crippen MR) is 84.6 cm³/mol. The van der Waals surface area contributed by atoms with Crippen molar-refractivity contribution >= 4 is 11.6 Å². The highest BCUT2D eigenvalue weighted by Crippen LogP contribution is 2.22. The lowest BCUT2D eigenvalue weighted by atomic mass is 10.2. The molecule has 5 heteroatoms. The van der Waals surface area contributed by atoms with E-state index in [4.69, 9.17) is 4.74 Å². The molecule has 5 nitrogen and oxygen atoms in total. The molecular formula is C15H28N4O. The number of nitrogens with zero attached hydrogens (tertiary/aromatic N) is 2. The Bertz CT molecular complexity index is 419. The van der Waals surface area contributed by atoms with Crippen LogP contribution in [0.2, 0.25) is 0 Å². The molecule has 0 unspecified atom stereocenters. The molecule has 0 aliphatic heterocycles. The molecule has 0 bridgehead atoms. The van der Waals surface area contributed by atoms with Gasteiger partial charge in [0, 0.05) is 24.6 Å². The van der Waals surface area contributed by atoms with E-state index in [1.54, 1.807) is 0 Å². The fourth-order valence-electron chi connectivity index (χ4n) is 1.77. The van der Waals surface area contributed by atoms with Gasteiger partial charge in [0.15, 0.2) is 0 Å². The summed E-state index contributed by atoms with van der Waals surface area (Å²) in [5.41, 5.74) is 1.06. The van der Waals surface area contributed by atoms with Crippen molar-refractivity contribution in [2.24, 2.45) is 0 Å². The van der Waals surface area contributed by atoms with Crippen LogP contribution < -0.4 is 10.6 Å². The number of hydrogen-bond donors (Lipinski definition) is 2. The van der Waals surface area contributed by atoms with Gasteiger partial charge in [-0.05, 0) is 27.7 Å². The minimum atomic E-state index is 0.256. The summed E-state index contributed by atoms with van der Waals surface area (Å²) in [5, 5.41) is 6.64. The van der Waals surface area contributed by atoms with E-state index in [1.165, 1.54) is 0 Å². The van der Waals surface area contributed by atoms with Crippen LogP contribution in [0.3, 0.4) is 0 Å². The molecule has 1 rings (SSSR count). The maximum Gasteiger partial charge on any atom is 0.135 e. The van der Waals surface area contributed by atoms with Gasteiger partial charge in [-0.1, -0.05) is 13.8 Å². The van der Waals surface area contributed by atoms with Gasteiger partial charge in [0.2, 0.25) is 0 Å². The zero-order valence-corrected chi connectivity index (χ0v) is 13.6. The molecule has 0 amide bonds. The standard InChI is InChI=1S/C15H28N4O/c1-7-16-14-12(6)15(17-8-9-20-11(4)5)19-13(18-14)10(2)3/h10-11H,7-9H2,1-6H3,(H2,16,17,18,19). The first-order valence-electron chi connectivity index (χ1n) is 7.43. The molecule has 0 radical (unpaired) electrons. The van der Waals surface area contributed by atoms with Crippen LogP contribution in [0.15, 0.2) is 0 Å². The maximum absolute atomic E-state index is 5.54. The Labute approximate surface area is 122 Å². The molecule has 1 aromatic heterocycles. The molecule has 0 fully saturated rings. The topological polar surface area (TPSA) is 59.1 Å². The molecule has 2 N–H and O–H groups in total. The van der Waals surface area contributed by atoms with Gasteiger partial charge in [-0.25, -0.2) is 9.97 Å². The van der Waals surface area contributed by atoms with Gasteiger partial charge < -0.3 is 15.4 Å². The Morgan fingerprint density at radius 3 is 2.15 bits per heavy atom. The zero-order chi connectivity index (χ0) is 15.1. The van der Waals surface area contributed by atoms with Gasteiger partial charge in [0.05, 0.1) is 12.7 Å².